The molecule has 1 amide bonds. The van der Waals surface area contributed by atoms with Crippen molar-refractivity contribution in [3.63, 3.8) is 0 Å². The number of carbonyl (C=O) groups excluding carboxylic acids is 2. The van der Waals surface area contributed by atoms with Crippen LogP contribution in [0.3, 0.4) is 0 Å². The standard InChI is InChI=1S/C16H21NO5/c1-11(2)3-6-16(19)22-10-15(18)17-12-4-5-13-14(9-12)21-8-7-20-13/h4-5,9,11H,3,6-8,10H2,1-2H3,(H,17,18). The van der Waals surface area contributed by atoms with Crippen LogP contribution in [0.5, 0.6) is 11.5 Å². The van der Waals surface area contributed by atoms with Gasteiger partial charge in [0.1, 0.15) is 13.2 Å². The summed E-state index contributed by atoms with van der Waals surface area (Å²) >= 11 is 0. The lowest BCUT2D eigenvalue weighted by molar-refractivity contribution is -0.147. The molecule has 1 aromatic carbocycles. The van der Waals surface area contributed by atoms with E-state index in [1.165, 1.54) is 0 Å². The molecule has 0 aliphatic carbocycles. The molecule has 120 valence electrons. The van der Waals surface area contributed by atoms with Crippen LogP contribution in [-0.2, 0) is 14.3 Å². The molecule has 1 aliphatic rings. The van der Waals surface area contributed by atoms with E-state index in [1.807, 2.05) is 13.8 Å². The lowest BCUT2D eigenvalue weighted by Gasteiger charge is -2.19. The summed E-state index contributed by atoms with van der Waals surface area (Å²) in [6, 6.07) is 5.14. The molecule has 2 rings (SSSR count). The van der Waals surface area contributed by atoms with Gasteiger partial charge in [0.2, 0.25) is 0 Å². The topological polar surface area (TPSA) is 73.9 Å². The Balaban J connectivity index is 1.78. The molecule has 1 heterocycles. The van der Waals surface area contributed by atoms with Gasteiger partial charge >= 0.3 is 5.97 Å². The molecule has 22 heavy (non-hydrogen) atoms. The molecule has 1 aromatic rings. The maximum absolute atomic E-state index is 11.8. The van der Waals surface area contributed by atoms with Gasteiger partial charge < -0.3 is 19.5 Å². The minimum absolute atomic E-state index is 0.286. The van der Waals surface area contributed by atoms with Crippen LogP contribution in [0.15, 0.2) is 18.2 Å². The summed E-state index contributed by atoms with van der Waals surface area (Å²) in [4.78, 5) is 23.2. The van der Waals surface area contributed by atoms with E-state index >= 15 is 0 Å². The second-order valence-corrected chi connectivity index (χ2v) is 5.50. The van der Waals surface area contributed by atoms with E-state index in [4.69, 9.17) is 14.2 Å². The third kappa shape index (κ3) is 4.95. The number of carbonyl (C=O) groups is 2. The SMILES string of the molecule is CC(C)CCC(=O)OCC(=O)Nc1ccc2c(c1)OCCO2. The average molecular weight is 307 g/mol. The summed E-state index contributed by atoms with van der Waals surface area (Å²) in [7, 11) is 0. The Kier molecular flexibility index (Phi) is 5.63. The molecule has 0 saturated heterocycles. The van der Waals surface area contributed by atoms with Gasteiger partial charge in [0.05, 0.1) is 0 Å². The molecule has 0 unspecified atom stereocenters. The molecular weight excluding hydrogens is 286 g/mol. The van der Waals surface area contributed by atoms with E-state index in [9.17, 15) is 9.59 Å². The lowest BCUT2D eigenvalue weighted by atomic mass is 10.1. The summed E-state index contributed by atoms with van der Waals surface area (Å²) in [5.74, 6) is 0.946. The van der Waals surface area contributed by atoms with E-state index in [2.05, 4.69) is 5.32 Å². The minimum Gasteiger partial charge on any atom is -0.486 e. The van der Waals surface area contributed by atoms with Crippen LogP contribution in [-0.4, -0.2) is 31.7 Å². The number of hydrogen-bond donors (Lipinski definition) is 1. The van der Waals surface area contributed by atoms with Crippen molar-refractivity contribution in [1.82, 2.24) is 0 Å². The zero-order chi connectivity index (χ0) is 15.9. The molecule has 0 fully saturated rings. The first kappa shape index (κ1) is 16.1. The van der Waals surface area contributed by atoms with Crippen LogP contribution in [0.4, 0.5) is 5.69 Å². The highest BCUT2D eigenvalue weighted by atomic mass is 16.6. The van der Waals surface area contributed by atoms with Gasteiger partial charge in [-0.15, -0.1) is 0 Å². The highest BCUT2D eigenvalue weighted by molar-refractivity contribution is 5.93. The van der Waals surface area contributed by atoms with Gasteiger partial charge in [-0.3, -0.25) is 9.59 Å². The summed E-state index contributed by atoms with van der Waals surface area (Å²) in [6.07, 6.45) is 1.08. The molecule has 0 atom stereocenters. The Morgan fingerprint density at radius 1 is 1.23 bits per heavy atom. The zero-order valence-electron chi connectivity index (χ0n) is 12.9. The molecule has 0 spiro atoms. The van der Waals surface area contributed by atoms with Crippen LogP contribution in [0.25, 0.3) is 0 Å². The van der Waals surface area contributed by atoms with Gasteiger partial charge in [-0.2, -0.15) is 0 Å². The van der Waals surface area contributed by atoms with Crippen molar-refractivity contribution in [2.24, 2.45) is 5.92 Å². The minimum atomic E-state index is -0.380. The molecule has 0 radical (unpaired) electrons. The van der Waals surface area contributed by atoms with Crippen molar-refractivity contribution in [2.45, 2.75) is 26.7 Å². The quantitative estimate of drug-likeness (QED) is 0.817. The summed E-state index contributed by atoms with van der Waals surface area (Å²) in [6.45, 7) is 4.78. The van der Waals surface area contributed by atoms with E-state index in [1.54, 1.807) is 18.2 Å². The molecule has 6 heteroatoms. The maximum atomic E-state index is 11.8. The molecule has 1 aliphatic heterocycles. The fourth-order valence-electron chi connectivity index (χ4n) is 1.94. The predicted molar refractivity (Wildman–Crippen MR) is 81.1 cm³/mol. The molecule has 0 aromatic heterocycles. The van der Waals surface area contributed by atoms with E-state index in [0.717, 1.165) is 6.42 Å². The van der Waals surface area contributed by atoms with Crippen molar-refractivity contribution in [1.29, 1.82) is 0 Å². The van der Waals surface area contributed by atoms with Crippen LogP contribution in [0, 0.1) is 5.92 Å². The number of benzene rings is 1. The number of amides is 1. The maximum Gasteiger partial charge on any atom is 0.306 e. The normalized spacial score (nSPS) is 12.9. The Hall–Kier alpha value is -2.24. The zero-order valence-corrected chi connectivity index (χ0v) is 12.9. The van der Waals surface area contributed by atoms with Crippen LogP contribution < -0.4 is 14.8 Å². The van der Waals surface area contributed by atoms with E-state index < -0.39 is 0 Å². The first-order valence-corrected chi connectivity index (χ1v) is 7.39. The summed E-state index contributed by atoms with van der Waals surface area (Å²) in [5, 5.41) is 2.66. The number of nitrogens with one attached hydrogen (secondary N) is 1. The fraction of sp³-hybridized carbons (Fsp3) is 0.500. The molecule has 0 saturated carbocycles. The number of hydrogen-bond acceptors (Lipinski definition) is 5. The summed E-state index contributed by atoms with van der Waals surface area (Å²) in [5.41, 5.74) is 0.576. The molecule has 0 bridgehead atoms. The highest BCUT2D eigenvalue weighted by Gasteiger charge is 2.13. The Labute approximate surface area is 129 Å². The van der Waals surface area contributed by atoms with E-state index in [-0.39, 0.29) is 18.5 Å². The Morgan fingerprint density at radius 2 is 1.95 bits per heavy atom. The van der Waals surface area contributed by atoms with Gasteiger partial charge in [0, 0.05) is 18.2 Å². The first-order valence-electron chi connectivity index (χ1n) is 7.39. The van der Waals surface area contributed by atoms with Crippen molar-refractivity contribution in [2.75, 3.05) is 25.1 Å². The van der Waals surface area contributed by atoms with Crippen molar-refractivity contribution in [3.05, 3.63) is 18.2 Å². The van der Waals surface area contributed by atoms with Crippen LogP contribution >= 0.6 is 0 Å². The first-order chi connectivity index (χ1) is 10.5. The Bertz CT molecular complexity index is 541. The van der Waals surface area contributed by atoms with Crippen molar-refractivity contribution in [3.8, 4) is 11.5 Å². The monoisotopic (exact) mass is 307 g/mol. The van der Waals surface area contributed by atoms with E-state index in [0.29, 0.717) is 42.7 Å². The number of esters is 1. The van der Waals surface area contributed by atoms with Crippen molar-refractivity contribution < 1.29 is 23.8 Å². The van der Waals surface area contributed by atoms with Crippen molar-refractivity contribution >= 4 is 17.6 Å². The smallest absolute Gasteiger partial charge is 0.306 e. The molecule has 1 N–H and O–H groups in total. The highest BCUT2D eigenvalue weighted by Crippen LogP contribution is 2.32. The predicted octanol–water partition coefficient (Wildman–Crippen LogP) is 2.38. The lowest BCUT2D eigenvalue weighted by Crippen LogP contribution is -2.21. The van der Waals surface area contributed by atoms with Gasteiger partial charge in [0.25, 0.3) is 5.91 Å². The van der Waals surface area contributed by atoms with Gasteiger partial charge in [0.15, 0.2) is 18.1 Å². The molecule has 6 nitrogen and oxygen atoms in total. The average Bonchev–Trinajstić information content (AvgIpc) is 2.50. The van der Waals surface area contributed by atoms with Crippen LogP contribution in [0.1, 0.15) is 26.7 Å². The van der Waals surface area contributed by atoms with Gasteiger partial charge in [-0.1, -0.05) is 13.8 Å². The molecular formula is C16H21NO5. The number of rotatable bonds is 6. The van der Waals surface area contributed by atoms with Gasteiger partial charge in [-0.05, 0) is 24.5 Å². The third-order valence-corrected chi connectivity index (χ3v) is 3.12. The number of anilines is 1. The van der Waals surface area contributed by atoms with Crippen LogP contribution in [0.2, 0.25) is 0 Å². The fourth-order valence-corrected chi connectivity index (χ4v) is 1.94. The largest absolute Gasteiger partial charge is 0.486 e. The third-order valence-electron chi connectivity index (χ3n) is 3.12. The Morgan fingerprint density at radius 3 is 2.68 bits per heavy atom. The second kappa shape index (κ2) is 7.68. The summed E-state index contributed by atoms with van der Waals surface area (Å²) < 4.78 is 15.8. The van der Waals surface area contributed by atoms with Gasteiger partial charge in [-0.25, -0.2) is 0 Å². The number of fused-ring (bicyclic) bond motifs is 1. The number of ether oxygens (including phenoxy) is 3. The second-order valence-electron chi connectivity index (χ2n) is 5.50.